The first-order valence-electron chi connectivity index (χ1n) is 6.69. The van der Waals surface area contributed by atoms with Gasteiger partial charge in [0.2, 0.25) is 0 Å². The molecule has 21 heavy (non-hydrogen) atoms. The highest BCUT2D eigenvalue weighted by Crippen LogP contribution is 2.32. The van der Waals surface area contributed by atoms with Crippen LogP contribution in [0.1, 0.15) is 19.4 Å². The number of imidazole rings is 1. The van der Waals surface area contributed by atoms with Gasteiger partial charge in [-0.1, -0.05) is 23.9 Å². The van der Waals surface area contributed by atoms with Crippen molar-refractivity contribution >= 4 is 28.8 Å². The molecule has 0 saturated heterocycles. The Morgan fingerprint density at radius 3 is 2.81 bits per heavy atom. The summed E-state index contributed by atoms with van der Waals surface area (Å²) in [5, 5.41) is 9.63. The first kappa shape index (κ1) is 15.9. The van der Waals surface area contributed by atoms with E-state index in [4.69, 9.17) is 9.84 Å². The van der Waals surface area contributed by atoms with Crippen molar-refractivity contribution in [3.63, 3.8) is 0 Å². The Morgan fingerprint density at radius 1 is 1.48 bits per heavy atom. The van der Waals surface area contributed by atoms with Crippen molar-refractivity contribution in [1.82, 2.24) is 9.55 Å². The Hall–Kier alpha value is -1.53. The molecule has 114 valence electrons. The van der Waals surface area contributed by atoms with E-state index in [2.05, 4.69) is 23.4 Å². The first-order valence-corrected chi connectivity index (χ1v) is 7.67. The van der Waals surface area contributed by atoms with Gasteiger partial charge in [0.15, 0.2) is 5.16 Å². The van der Waals surface area contributed by atoms with Crippen LogP contribution in [0.4, 0.5) is 0 Å². The predicted molar refractivity (Wildman–Crippen MR) is 84.0 cm³/mol. The molecule has 0 bridgehead atoms. The highest BCUT2D eigenvalue weighted by atomic mass is 32.2. The van der Waals surface area contributed by atoms with Crippen LogP contribution in [-0.2, 0) is 15.1 Å². The third-order valence-electron chi connectivity index (χ3n) is 3.28. The van der Waals surface area contributed by atoms with E-state index in [1.165, 1.54) is 11.8 Å². The molecule has 2 rings (SSSR count). The Kier molecular flexibility index (Phi) is 4.58. The topological polar surface area (TPSA) is 64.3 Å². The lowest BCUT2D eigenvalue weighted by Gasteiger charge is -2.28. The fourth-order valence-corrected chi connectivity index (χ4v) is 3.33. The van der Waals surface area contributed by atoms with Crippen LogP contribution >= 0.6 is 11.8 Å². The van der Waals surface area contributed by atoms with E-state index < -0.39 is 5.97 Å². The molecule has 1 N–H and O–H groups in total. The van der Waals surface area contributed by atoms with Crippen molar-refractivity contribution in [2.75, 3.05) is 19.5 Å². The van der Waals surface area contributed by atoms with Crippen molar-refractivity contribution in [2.45, 2.75) is 31.5 Å². The summed E-state index contributed by atoms with van der Waals surface area (Å²) in [7, 11) is 1.66. The molecule has 0 amide bonds. The number of thioether (sulfide) groups is 1. The van der Waals surface area contributed by atoms with Gasteiger partial charge in [-0.2, -0.15) is 0 Å². The van der Waals surface area contributed by atoms with Crippen LogP contribution in [0.2, 0.25) is 0 Å². The van der Waals surface area contributed by atoms with Crippen molar-refractivity contribution in [3.05, 3.63) is 23.8 Å². The van der Waals surface area contributed by atoms with Crippen LogP contribution in [0, 0.1) is 6.92 Å². The van der Waals surface area contributed by atoms with E-state index in [0.717, 1.165) is 16.6 Å². The molecule has 1 aromatic heterocycles. The summed E-state index contributed by atoms with van der Waals surface area (Å²) in [6, 6.07) is 6.01. The second kappa shape index (κ2) is 6.07. The molecule has 0 saturated carbocycles. The van der Waals surface area contributed by atoms with Crippen LogP contribution < -0.4 is 0 Å². The van der Waals surface area contributed by atoms with Gasteiger partial charge in [0.1, 0.15) is 0 Å². The number of hydrogen-bond acceptors (Lipinski definition) is 4. The SMILES string of the molecule is COCC(C)(C)n1c(SCC(=O)O)nc2c(C)cccc21. The second-order valence-corrected chi connectivity index (χ2v) is 6.54. The Morgan fingerprint density at radius 2 is 2.19 bits per heavy atom. The molecular formula is C15H20N2O3S. The molecule has 0 atom stereocenters. The highest BCUT2D eigenvalue weighted by Gasteiger charge is 2.27. The summed E-state index contributed by atoms with van der Waals surface area (Å²) < 4.78 is 7.39. The number of aromatic nitrogens is 2. The van der Waals surface area contributed by atoms with Gasteiger partial charge in [-0.15, -0.1) is 0 Å². The van der Waals surface area contributed by atoms with Gasteiger partial charge in [0.25, 0.3) is 0 Å². The van der Waals surface area contributed by atoms with Gasteiger partial charge < -0.3 is 14.4 Å². The van der Waals surface area contributed by atoms with Crippen molar-refractivity contribution < 1.29 is 14.6 Å². The van der Waals surface area contributed by atoms with Gasteiger partial charge in [-0.3, -0.25) is 4.79 Å². The van der Waals surface area contributed by atoms with E-state index in [1.807, 2.05) is 25.1 Å². The number of para-hydroxylation sites is 1. The number of rotatable bonds is 6. The predicted octanol–water partition coefficient (Wildman–Crippen LogP) is 2.90. The quantitative estimate of drug-likeness (QED) is 0.831. The number of ether oxygens (including phenoxy) is 1. The number of carbonyl (C=O) groups is 1. The fourth-order valence-electron chi connectivity index (χ4n) is 2.44. The third kappa shape index (κ3) is 3.22. The van der Waals surface area contributed by atoms with Gasteiger partial charge in [-0.25, -0.2) is 4.98 Å². The number of carboxylic acid groups (broad SMARTS) is 1. The number of nitrogens with zero attached hydrogens (tertiary/aromatic N) is 2. The summed E-state index contributed by atoms with van der Waals surface area (Å²) in [5.74, 6) is -0.856. The fraction of sp³-hybridized carbons (Fsp3) is 0.467. The number of carboxylic acids is 1. The molecule has 0 aliphatic rings. The number of aliphatic carboxylic acids is 1. The molecule has 2 aromatic rings. The largest absolute Gasteiger partial charge is 0.481 e. The zero-order valence-electron chi connectivity index (χ0n) is 12.7. The van der Waals surface area contributed by atoms with Crippen LogP contribution in [0.25, 0.3) is 11.0 Å². The lowest BCUT2D eigenvalue weighted by atomic mass is 10.1. The zero-order valence-corrected chi connectivity index (χ0v) is 13.5. The smallest absolute Gasteiger partial charge is 0.313 e. The maximum Gasteiger partial charge on any atom is 0.313 e. The normalized spacial score (nSPS) is 12.0. The number of methoxy groups -OCH3 is 1. The summed E-state index contributed by atoms with van der Waals surface area (Å²) in [6.07, 6.45) is 0. The van der Waals surface area contributed by atoms with Crippen molar-refractivity contribution in [3.8, 4) is 0 Å². The standard InChI is InChI=1S/C15H20N2O3S/c1-10-6-5-7-11-13(10)16-14(21-8-12(18)19)17(11)15(2,3)9-20-4/h5-7H,8-9H2,1-4H3,(H,18,19). The molecule has 0 spiro atoms. The minimum Gasteiger partial charge on any atom is -0.481 e. The maximum absolute atomic E-state index is 10.9. The minimum atomic E-state index is -0.847. The van der Waals surface area contributed by atoms with Gasteiger partial charge in [0.05, 0.1) is 28.9 Å². The van der Waals surface area contributed by atoms with E-state index in [-0.39, 0.29) is 11.3 Å². The number of fused-ring (bicyclic) bond motifs is 1. The van der Waals surface area contributed by atoms with Crippen LogP contribution in [0.15, 0.2) is 23.4 Å². The van der Waals surface area contributed by atoms with Crippen LogP contribution in [0.5, 0.6) is 0 Å². The van der Waals surface area contributed by atoms with E-state index in [0.29, 0.717) is 11.8 Å². The number of aryl methyl sites for hydroxylation is 1. The lowest BCUT2D eigenvalue weighted by molar-refractivity contribution is -0.133. The molecule has 1 heterocycles. The highest BCUT2D eigenvalue weighted by molar-refractivity contribution is 7.99. The molecule has 0 radical (unpaired) electrons. The number of benzene rings is 1. The first-order chi connectivity index (χ1) is 9.86. The van der Waals surface area contributed by atoms with Gasteiger partial charge in [0, 0.05) is 7.11 Å². The van der Waals surface area contributed by atoms with Gasteiger partial charge in [-0.05, 0) is 32.4 Å². The molecule has 1 aromatic carbocycles. The summed E-state index contributed by atoms with van der Waals surface area (Å²) in [6.45, 7) is 6.65. The Bertz CT molecular complexity index is 664. The molecule has 0 aliphatic heterocycles. The Balaban J connectivity index is 2.60. The van der Waals surface area contributed by atoms with E-state index in [9.17, 15) is 4.79 Å². The lowest BCUT2D eigenvalue weighted by Crippen LogP contribution is -2.32. The molecule has 0 unspecified atom stereocenters. The number of hydrogen-bond donors (Lipinski definition) is 1. The molecule has 0 fully saturated rings. The average Bonchev–Trinajstić information content (AvgIpc) is 2.77. The summed E-state index contributed by atoms with van der Waals surface area (Å²) >= 11 is 1.24. The minimum absolute atomic E-state index is 0.00850. The Labute approximate surface area is 128 Å². The van der Waals surface area contributed by atoms with E-state index in [1.54, 1.807) is 7.11 Å². The zero-order chi connectivity index (χ0) is 15.6. The van der Waals surface area contributed by atoms with Crippen molar-refractivity contribution in [2.24, 2.45) is 0 Å². The average molecular weight is 308 g/mol. The maximum atomic E-state index is 10.9. The molecule has 0 aliphatic carbocycles. The molecule has 6 heteroatoms. The van der Waals surface area contributed by atoms with E-state index >= 15 is 0 Å². The van der Waals surface area contributed by atoms with Crippen LogP contribution in [-0.4, -0.2) is 40.1 Å². The monoisotopic (exact) mass is 308 g/mol. The van der Waals surface area contributed by atoms with Gasteiger partial charge >= 0.3 is 5.97 Å². The summed E-state index contributed by atoms with van der Waals surface area (Å²) in [5.41, 5.74) is 2.69. The van der Waals surface area contributed by atoms with Crippen LogP contribution in [0.3, 0.4) is 0 Å². The second-order valence-electron chi connectivity index (χ2n) is 5.60. The summed E-state index contributed by atoms with van der Waals surface area (Å²) in [4.78, 5) is 15.5. The molecular weight excluding hydrogens is 288 g/mol. The third-order valence-corrected chi connectivity index (χ3v) is 4.21. The van der Waals surface area contributed by atoms with Crippen molar-refractivity contribution in [1.29, 1.82) is 0 Å². The molecule has 5 nitrogen and oxygen atoms in total.